The van der Waals surface area contributed by atoms with Crippen molar-refractivity contribution >= 4 is 49.2 Å². The molecule has 4 nitrogen and oxygen atoms in total. The van der Waals surface area contributed by atoms with Gasteiger partial charge in [-0.1, -0.05) is 39.1 Å². The summed E-state index contributed by atoms with van der Waals surface area (Å²) in [5.41, 5.74) is 0.590. The molecule has 0 radical (unpaired) electrons. The molecule has 2 rings (SSSR count). The number of rotatable bonds is 5. The number of nitrogens with one attached hydrogen (secondary N) is 1. The fourth-order valence-corrected chi connectivity index (χ4v) is 3.88. The number of benzene rings is 2. The van der Waals surface area contributed by atoms with Crippen LogP contribution in [0.2, 0.25) is 10.0 Å². The van der Waals surface area contributed by atoms with E-state index in [4.69, 9.17) is 27.9 Å². The summed E-state index contributed by atoms with van der Waals surface area (Å²) in [5.74, 6) is 0.257. The van der Waals surface area contributed by atoms with Crippen molar-refractivity contribution in [2.45, 2.75) is 11.4 Å². The largest absolute Gasteiger partial charge is 0.495 e. The van der Waals surface area contributed by atoms with Gasteiger partial charge in [0.05, 0.1) is 7.11 Å². The molecule has 0 heterocycles. The molecule has 0 aliphatic heterocycles. The summed E-state index contributed by atoms with van der Waals surface area (Å²) in [6.45, 7) is 0.0252. The fourth-order valence-electron chi connectivity index (χ4n) is 1.79. The third kappa shape index (κ3) is 4.14. The summed E-state index contributed by atoms with van der Waals surface area (Å²) < 4.78 is 33.1. The van der Waals surface area contributed by atoms with Gasteiger partial charge in [-0.25, -0.2) is 13.1 Å². The van der Waals surface area contributed by atoms with Gasteiger partial charge in [0.25, 0.3) is 0 Å². The van der Waals surface area contributed by atoms with Gasteiger partial charge in [0.1, 0.15) is 10.6 Å². The second kappa shape index (κ2) is 7.19. The lowest BCUT2D eigenvalue weighted by Crippen LogP contribution is -2.24. The maximum absolute atomic E-state index is 12.4. The first-order valence-electron chi connectivity index (χ1n) is 6.10. The quantitative estimate of drug-likeness (QED) is 0.780. The topological polar surface area (TPSA) is 55.4 Å². The summed E-state index contributed by atoms with van der Waals surface area (Å²) in [5, 5.41) is 0.923. The van der Waals surface area contributed by atoms with Gasteiger partial charge in [0, 0.05) is 21.1 Å². The lowest BCUT2D eigenvalue weighted by molar-refractivity contribution is 0.402. The first-order chi connectivity index (χ1) is 10.3. The highest BCUT2D eigenvalue weighted by molar-refractivity contribution is 9.10. The average Bonchev–Trinajstić information content (AvgIpc) is 2.48. The number of ether oxygens (including phenoxy) is 1. The molecule has 0 aliphatic carbocycles. The van der Waals surface area contributed by atoms with Crippen LogP contribution < -0.4 is 9.46 Å². The van der Waals surface area contributed by atoms with Crippen LogP contribution >= 0.6 is 39.1 Å². The van der Waals surface area contributed by atoms with Crippen molar-refractivity contribution in [2.24, 2.45) is 0 Å². The molecular weight excluding hydrogens is 413 g/mol. The summed E-state index contributed by atoms with van der Waals surface area (Å²) in [6, 6.07) is 9.62. The Morgan fingerprint density at radius 2 is 1.91 bits per heavy atom. The smallest absolute Gasteiger partial charge is 0.244 e. The maximum atomic E-state index is 12.4. The second-order valence-electron chi connectivity index (χ2n) is 4.36. The minimum Gasteiger partial charge on any atom is -0.495 e. The van der Waals surface area contributed by atoms with Crippen LogP contribution in [0.3, 0.4) is 0 Å². The van der Waals surface area contributed by atoms with Crippen molar-refractivity contribution in [3.05, 3.63) is 56.5 Å². The van der Waals surface area contributed by atoms with Crippen molar-refractivity contribution in [2.75, 3.05) is 7.11 Å². The van der Waals surface area contributed by atoms with Gasteiger partial charge in [-0.05, 0) is 42.0 Å². The summed E-state index contributed by atoms with van der Waals surface area (Å²) in [6.07, 6.45) is 0. The molecule has 0 bridgehead atoms. The molecular formula is C14H12BrCl2NO3S. The van der Waals surface area contributed by atoms with Gasteiger partial charge in [-0.3, -0.25) is 0 Å². The van der Waals surface area contributed by atoms with Crippen molar-refractivity contribution in [3.63, 3.8) is 0 Å². The fraction of sp³-hybridized carbons (Fsp3) is 0.143. The third-order valence-electron chi connectivity index (χ3n) is 2.88. The second-order valence-corrected chi connectivity index (χ2v) is 7.85. The van der Waals surface area contributed by atoms with Gasteiger partial charge >= 0.3 is 0 Å². The Morgan fingerprint density at radius 3 is 2.59 bits per heavy atom. The average molecular weight is 425 g/mol. The van der Waals surface area contributed by atoms with E-state index in [0.717, 1.165) is 0 Å². The van der Waals surface area contributed by atoms with Crippen LogP contribution in [0.5, 0.6) is 5.75 Å². The Morgan fingerprint density at radius 1 is 1.18 bits per heavy atom. The molecule has 0 fully saturated rings. The Balaban J connectivity index is 2.28. The van der Waals surface area contributed by atoms with Crippen molar-refractivity contribution in [3.8, 4) is 5.75 Å². The zero-order valence-electron chi connectivity index (χ0n) is 11.4. The highest BCUT2D eigenvalue weighted by atomic mass is 79.9. The van der Waals surface area contributed by atoms with Crippen LogP contribution in [0.4, 0.5) is 0 Å². The van der Waals surface area contributed by atoms with E-state index in [-0.39, 0.29) is 17.2 Å². The predicted octanol–water partition coefficient (Wildman–Crippen LogP) is 4.24. The predicted molar refractivity (Wildman–Crippen MR) is 91.2 cm³/mol. The molecule has 0 amide bonds. The van der Waals surface area contributed by atoms with E-state index in [9.17, 15) is 8.42 Å². The molecule has 0 unspecified atom stereocenters. The molecule has 118 valence electrons. The lowest BCUT2D eigenvalue weighted by atomic mass is 10.2. The van der Waals surface area contributed by atoms with Gasteiger partial charge < -0.3 is 4.74 Å². The maximum Gasteiger partial charge on any atom is 0.244 e. The van der Waals surface area contributed by atoms with E-state index < -0.39 is 10.0 Å². The van der Waals surface area contributed by atoms with E-state index in [2.05, 4.69) is 20.7 Å². The van der Waals surface area contributed by atoms with Crippen LogP contribution in [0, 0.1) is 0 Å². The number of halogens is 3. The molecule has 22 heavy (non-hydrogen) atoms. The lowest BCUT2D eigenvalue weighted by Gasteiger charge is -2.12. The first-order valence-corrected chi connectivity index (χ1v) is 9.14. The Labute approximate surface area is 147 Å². The summed E-state index contributed by atoms with van der Waals surface area (Å²) >= 11 is 15.2. The Hall–Kier alpha value is -0.790. The van der Waals surface area contributed by atoms with E-state index in [1.54, 1.807) is 30.3 Å². The minimum absolute atomic E-state index is 0.0252. The number of methoxy groups -OCH3 is 1. The number of hydrogen-bond donors (Lipinski definition) is 1. The number of hydrogen-bond acceptors (Lipinski definition) is 3. The van der Waals surface area contributed by atoms with Gasteiger partial charge in [0.2, 0.25) is 10.0 Å². The first kappa shape index (κ1) is 17.6. The van der Waals surface area contributed by atoms with Crippen molar-refractivity contribution < 1.29 is 13.2 Å². The summed E-state index contributed by atoms with van der Waals surface area (Å²) in [4.78, 5) is 0.0440. The van der Waals surface area contributed by atoms with Crippen LogP contribution in [0.15, 0.2) is 45.8 Å². The van der Waals surface area contributed by atoms with E-state index in [1.165, 1.54) is 13.2 Å². The van der Waals surface area contributed by atoms with Crippen LogP contribution in [-0.4, -0.2) is 15.5 Å². The molecule has 0 aromatic heterocycles. The molecule has 2 aromatic rings. The van der Waals surface area contributed by atoms with Crippen LogP contribution in [0.25, 0.3) is 0 Å². The molecule has 0 spiro atoms. The highest BCUT2D eigenvalue weighted by Crippen LogP contribution is 2.28. The molecule has 0 saturated carbocycles. The zero-order valence-corrected chi connectivity index (χ0v) is 15.4. The normalized spacial score (nSPS) is 11.5. The zero-order chi connectivity index (χ0) is 16.3. The third-order valence-corrected chi connectivity index (χ3v) is 5.40. The van der Waals surface area contributed by atoms with Gasteiger partial charge in [0.15, 0.2) is 0 Å². The molecule has 2 aromatic carbocycles. The van der Waals surface area contributed by atoms with Gasteiger partial charge in [-0.15, -0.1) is 0 Å². The SMILES string of the molecule is COc1ccc(Br)cc1S(=O)(=O)NCc1cc(Cl)ccc1Cl. The van der Waals surface area contributed by atoms with Gasteiger partial charge in [-0.2, -0.15) is 0 Å². The van der Waals surface area contributed by atoms with E-state index in [1.807, 2.05) is 0 Å². The molecule has 0 saturated heterocycles. The molecule has 0 atom stereocenters. The van der Waals surface area contributed by atoms with Crippen molar-refractivity contribution in [1.82, 2.24) is 4.72 Å². The van der Waals surface area contributed by atoms with Crippen molar-refractivity contribution in [1.29, 1.82) is 0 Å². The van der Waals surface area contributed by atoms with E-state index >= 15 is 0 Å². The number of sulfonamides is 1. The highest BCUT2D eigenvalue weighted by Gasteiger charge is 2.20. The van der Waals surface area contributed by atoms with E-state index in [0.29, 0.717) is 20.1 Å². The minimum atomic E-state index is -3.76. The standard InChI is InChI=1S/C14H12BrCl2NO3S/c1-21-13-5-2-10(15)7-14(13)22(19,20)18-8-9-6-11(16)3-4-12(9)17/h2-7,18H,8H2,1H3. The Kier molecular flexibility index (Phi) is 5.74. The molecule has 1 N–H and O–H groups in total. The molecule has 0 aliphatic rings. The van der Waals surface area contributed by atoms with Crippen LogP contribution in [-0.2, 0) is 16.6 Å². The Bertz CT molecular complexity index is 797. The van der Waals surface area contributed by atoms with Crippen LogP contribution in [0.1, 0.15) is 5.56 Å². The molecule has 8 heteroatoms. The summed E-state index contributed by atoms with van der Waals surface area (Å²) in [7, 11) is -2.35. The monoisotopic (exact) mass is 423 g/mol.